The predicted octanol–water partition coefficient (Wildman–Crippen LogP) is 14.2. The molecule has 0 saturated carbocycles. The molecule has 0 aliphatic heterocycles. The van der Waals surface area contributed by atoms with Gasteiger partial charge in [0.2, 0.25) is 0 Å². The summed E-state index contributed by atoms with van der Waals surface area (Å²) in [6.45, 7) is 7.84. The number of methoxy groups -OCH3 is 1. The lowest BCUT2D eigenvalue weighted by atomic mass is 10.0. The van der Waals surface area contributed by atoms with Crippen LogP contribution >= 0.6 is 0 Å². The largest absolute Gasteiger partial charge is 0.493 e. The van der Waals surface area contributed by atoms with Crippen LogP contribution in [0.5, 0.6) is 11.5 Å². The van der Waals surface area contributed by atoms with E-state index in [4.69, 9.17) is 18.9 Å². The van der Waals surface area contributed by atoms with Crippen molar-refractivity contribution in [2.45, 2.75) is 162 Å². The average molecular weight is 771 g/mol. The normalized spacial score (nSPS) is 11.0. The van der Waals surface area contributed by atoms with Crippen LogP contribution in [0.3, 0.4) is 0 Å². The number of hydrogen-bond donors (Lipinski definition) is 0. The van der Waals surface area contributed by atoms with Gasteiger partial charge in [-0.25, -0.2) is 0 Å². The predicted molar refractivity (Wildman–Crippen MR) is 234 cm³/mol. The number of hydrogen-bond acceptors (Lipinski definition) is 6. The van der Waals surface area contributed by atoms with Crippen molar-refractivity contribution in [3.63, 3.8) is 0 Å². The molecule has 0 bridgehead atoms. The second-order valence-corrected chi connectivity index (χ2v) is 14.9. The number of esters is 1. The molecule has 6 nitrogen and oxygen atoms in total. The monoisotopic (exact) mass is 771 g/mol. The van der Waals surface area contributed by atoms with Gasteiger partial charge in [-0.15, -0.1) is 0 Å². The van der Waals surface area contributed by atoms with Gasteiger partial charge in [0.25, 0.3) is 0 Å². The molecule has 0 atom stereocenters. The summed E-state index contributed by atoms with van der Waals surface area (Å²) in [4.78, 5) is 22.7. The molecule has 3 rings (SSSR count). The van der Waals surface area contributed by atoms with Gasteiger partial charge in [-0.3, -0.25) is 9.59 Å². The first kappa shape index (κ1) is 48.1. The molecule has 56 heavy (non-hydrogen) atoms. The van der Waals surface area contributed by atoms with Gasteiger partial charge in [0, 0.05) is 17.5 Å². The molecule has 0 saturated heterocycles. The van der Waals surface area contributed by atoms with E-state index in [9.17, 15) is 9.59 Å². The molecule has 0 spiro atoms. The van der Waals surface area contributed by atoms with Crippen molar-refractivity contribution in [3.05, 3.63) is 101 Å². The van der Waals surface area contributed by atoms with Crippen LogP contribution in [-0.4, -0.2) is 32.6 Å². The maximum atomic E-state index is 11.8. The fourth-order valence-corrected chi connectivity index (χ4v) is 6.49. The highest BCUT2D eigenvalue weighted by molar-refractivity contribution is 5.76. The summed E-state index contributed by atoms with van der Waals surface area (Å²) in [5.41, 5.74) is 4.23. The Hall–Kier alpha value is -4.06. The number of aldehydes is 1. The van der Waals surface area contributed by atoms with E-state index < -0.39 is 0 Å². The molecule has 310 valence electrons. The van der Waals surface area contributed by atoms with Crippen molar-refractivity contribution in [1.82, 2.24) is 0 Å². The molecule has 0 amide bonds. The van der Waals surface area contributed by atoms with E-state index in [1.165, 1.54) is 107 Å². The van der Waals surface area contributed by atoms with Crippen LogP contribution in [0.25, 0.3) is 5.76 Å². The molecular formula is C50H74O6. The number of carbonyl (C=O) groups excluding carboxylic acids is 2. The van der Waals surface area contributed by atoms with Gasteiger partial charge in [-0.05, 0) is 69.2 Å². The van der Waals surface area contributed by atoms with Crippen molar-refractivity contribution in [1.29, 1.82) is 0 Å². The van der Waals surface area contributed by atoms with Crippen LogP contribution in [-0.2, 0) is 20.7 Å². The highest BCUT2D eigenvalue weighted by atomic mass is 16.5. The number of carbonyl (C=O) groups is 2. The molecule has 0 aliphatic rings. The number of aryl methyl sites for hydroxylation is 2. The molecule has 0 N–H and O–H groups in total. The van der Waals surface area contributed by atoms with Crippen LogP contribution in [0.2, 0.25) is 0 Å². The molecule has 0 unspecified atom stereocenters. The Morgan fingerprint density at radius 3 is 1.79 bits per heavy atom. The van der Waals surface area contributed by atoms with E-state index in [1.54, 1.807) is 31.6 Å². The minimum atomic E-state index is -0.00300. The molecule has 0 aliphatic carbocycles. The molecule has 0 heterocycles. The van der Waals surface area contributed by atoms with Crippen molar-refractivity contribution in [2.75, 3.05) is 20.3 Å². The first-order chi connectivity index (χ1) is 27.5. The van der Waals surface area contributed by atoms with Crippen molar-refractivity contribution >= 4 is 18.0 Å². The Bertz CT molecular complexity index is 1450. The topological polar surface area (TPSA) is 71.1 Å². The number of unbranched alkanes of at least 4 members (excludes halogenated alkanes) is 17. The van der Waals surface area contributed by atoms with Gasteiger partial charge >= 0.3 is 5.97 Å². The van der Waals surface area contributed by atoms with E-state index in [1.807, 2.05) is 30.3 Å². The molecule has 3 aromatic rings. The summed E-state index contributed by atoms with van der Waals surface area (Å²) in [5.74, 6) is 1.70. The maximum absolute atomic E-state index is 11.8. The minimum Gasteiger partial charge on any atom is -0.493 e. The van der Waals surface area contributed by atoms with E-state index in [0.29, 0.717) is 42.5 Å². The first-order valence-corrected chi connectivity index (χ1v) is 21.9. The summed E-state index contributed by atoms with van der Waals surface area (Å²) in [5, 5.41) is 0. The highest BCUT2D eigenvalue weighted by Gasteiger charge is 2.08. The third-order valence-corrected chi connectivity index (χ3v) is 9.87. The zero-order valence-corrected chi connectivity index (χ0v) is 35.5. The Balaban J connectivity index is 0.000000390. The lowest BCUT2D eigenvalue weighted by molar-refractivity contribution is -0.143. The minimum absolute atomic E-state index is 0.00300. The lowest BCUT2D eigenvalue weighted by Gasteiger charge is -2.12. The maximum Gasteiger partial charge on any atom is 0.305 e. The summed E-state index contributed by atoms with van der Waals surface area (Å²) in [7, 11) is 1.54. The standard InChI is InChI=1S/C28H48O2.C22H26O4/c1-3-4-5-6-7-8-9-10-11-12-13-14-17-23-28(29)30-24-18-15-16-21-27-22-19-20-26(2)25-27;1-3-4-5-9-14-25-22(19-10-7-6-8-11-19)17-26-20-13-12-18(16-23)15-21(20)24-2/h19-20,22,25H,3-18,21,23-24H2,1-2H3;6-8,10-13,15-17H,3-5,9,14H2,1-2H3. The van der Waals surface area contributed by atoms with Crippen molar-refractivity contribution in [2.24, 2.45) is 0 Å². The number of rotatable bonds is 31. The van der Waals surface area contributed by atoms with Gasteiger partial charge in [0.05, 0.1) is 20.3 Å². The first-order valence-electron chi connectivity index (χ1n) is 21.9. The quantitative estimate of drug-likeness (QED) is 0.0281. The Morgan fingerprint density at radius 2 is 1.18 bits per heavy atom. The summed E-state index contributed by atoms with van der Waals surface area (Å²) >= 11 is 0. The van der Waals surface area contributed by atoms with Crippen LogP contribution in [0.15, 0.2) is 79.1 Å². The molecule has 0 fully saturated rings. The average Bonchev–Trinajstić information content (AvgIpc) is 3.22. The van der Waals surface area contributed by atoms with Gasteiger partial charge < -0.3 is 18.9 Å². The van der Waals surface area contributed by atoms with Gasteiger partial charge in [0.1, 0.15) is 12.5 Å². The van der Waals surface area contributed by atoms with Crippen LogP contribution in [0.1, 0.15) is 176 Å². The molecule has 0 radical (unpaired) electrons. The summed E-state index contributed by atoms with van der Waals surface area (Å²) < 4.78 is 22.4. The molecular weight excluding hydrogens is 697 g/mol. The van der Waals surface area contributed by atoms with E-state index in [2.05, 4.69) is 45.0 Å². The van der Waals surface area contributed by atoms with Crippen molar-refractivity contribution in [3.8, 4) is 11.5 Å². The molecule has 0 aromatic heterocycles. The zero-order valence-electron chi connectivity index (χ0n) is 35.5. The van der Waals surface area contributed by atoms with Gasteiger partial charge in [-0.2, -0.15) is 0 Å². The fourth-order valence-electron chi connectivity index (χ4n) is 6.49. The zero-order chi connectivity index (χ0) is 40.3. The third-order valence-electron chi connectivity index (χ3n) is 9.87. The fraction of sp³-hybridized carbons (Fsp3) is 0.560. The third kappa shape index (κ3) is 23.8. The van der Waals surface area contributed by atoms with Crippen LogP contribution < -0.4 is 9.47 Å². The number of ether oxygens (including phenoxy) is 4. The second-order valence-electron chi connectivity index (χ2n) is 14.9. The van der Waals surface area contributed by atoms with Gasteiger partial charge in [-0.1, -0.05) is 170 Å². The Kier molecular flexibility index (Phi) is 28.4. The van der Waals surface area contributed by atoms with E-state index >= 15 is 0 Å². The molecule has 3 aromatic carbocycles. The Labute approximate surface area is 340 Å². The van der Waals surface area contributed by atoms with Gasteiger partial charge in [0.15, 0.2) is 17.3 Å². The van der Waals surface area contributed by atoms with Crippen LogP contribution in [0, 0.1) is 6.92 Å². The highest BCUT2D eigenvalue weighted by Crippen LogP contribution is 2.29. The SMILES string of the molecule is CCCCCCCCCCCCCCCC(=O)OCCCCCc1cccc(C)c1.CCCCCCOC(=COc1ccc(C=O)cc1OC)c1ccccc1. The second kappa shape index (κ2) is 33.1. The van der Waals surface area contributed by atoms with Crippen LogP contribution in [0.4, 0.5) is 0 Å². The van der Waals surface area contributed by atoms with E-state index in [-0.39, 0.29) is 5.97 Å². The molecule has 6 heteroatoms. The lowest BCUT2D eigenvalue weighted by Crippen LogP contribution is -2.05. The number of benzene rings is 3. The van der Waals surface area contributed by atoms with E-state index in [0.717, 1.165) is 50.4 Å². The Morgan fingerprint density at radius 1 is 0.589 bits per heavy atom. The van der Waals surface area contributed by atoms with Crippen molar-refractivity contribution < 1.29 is 28.5 Å². The summed E-state index contributed by atoms with van der Waals surface area (Å²) in [6, 6.07) is 23.6. The summed E-state index contributed by atoms with van der Waals surface area (Å²) in [6.07, 6.45) is 29.3. The smallest absolute Gasteiger partial charge is 0.305 e.